The van der Waals surface area contributed by atoms with Crippen LogP contribution in [0.2, 0.25) is 0 Å². The highest BCUT2D eigenvalue weighted by molar-refractivity contribution is 5.78. The van der Waals surface area contributed by atoms with E-state index < -0.39 is 0 Å². The number of nitrogens with one attached hydrogen (secondary N) is 1. The number of fused-ring (bicyclic) bond motifs is 1. The van der Waals surface area contributed by atoms with Gasteiger partial charge in [0.2, 0.25) is 5.91 Å². The van der Waals surface area contributed by atoms with Gasteiger partial charge in [-0.1, -0.05) is 24.3 Å². The molecule has 0 bridgehead atoms. The molecule has 1 aromatic carbocycles. The topological polar surface area (TPSA) is 52.6 Å². The van der Waals surface area contributed by atoms with Crippen molar-refractivity contribution >= 4 is 5.91 Å². The lowest BCUT2D eigenvalue weighted by Gasteiger charge is -2.24. The van der Waals surface area contributed by atoms with Gasteiger partial charge in [-0.25, -0.2) is 0 Å². The summed E-state index contributed by atoms with van der Waals surface area (Å²) < 4.78 is 0. The molecule has 0 radical (unpaired) electrons. The van der Waals surface area contributed by atoms with E-state index in [1.807, 2.05) is 12.1 Å². The lowest BCUT2D eigenvalue weighted by Crippen LogP contribution is -2.39. The predicted molar refractivity (Wildman–Crippen MR) is 90.9 cm³/mol. The molecule has 1 aromatic rings. The van der Waals surface area contributed by atoms with Gasteiger partial charge < -0.3 is 10.4 Å². The van der Waals surface area contributed by atoms with Gasteiger partial charge in [0.15, 0.2) is 0 Å². The van der Waals surface area contributed by atoms with Gasteiger partial charge in [-0.15, -0.1) is 0 Å². The van der Waals surface area contributed by atoms with Gasteiger partial charge in [-0.2, -0.15) is 0 Å². The molecule has 4 heteroatoms. The molecule has 0 aliphatic heterocycles. The molecule has 2 fully saturated rings. The molecular formula is C19H28N2O2. The summed E-state index contributed by atoms with van der Waals surface area (Å²) in [6.45, 7) is 3.12. The van der Waals surface area contributed by atoms with Crippen LogP contribution in [0.1, 0.15) is 36.8 Å². The summed E-state index contributed by atoms with van der Waals surface area (Å²) in [6, 6.07) is 8.64. The van der Waals surface area contributed by atoms with Crippen LogP contribution >= 0.6 is 0 Å². The molecule has 2 saturated carbocycles. The minimum Gasteiger partial charge on any atom is -0.393 e. The molecule has 4 atom stereocenters. The van der Waals surface area contributed by atoms with E-state index in [1.54, 1.807) is 0 Å². The maximum atomic E-state index is 12.2. The maximum Gasteiger partial charge on any atom is 0.234 e. The van der Waals surface area contributed by atoms with Crippen molar-refractivity contribution in [3.8, 4) is 0 Å². The summed E-state index contributed by atoms with van der Waals surface area (Å²) in [6.07, 6.45) is 4.07. The number of aliphatic hydroxyl groups excluding tert-OH is 1. The van der Waals surface area contributed by atoms with E-state index in [-0.39, 0.29) is 12.0 Å². The number of carbonyl (C=O) groups excluding carboxylic acids is 1. The predicted octanol–water partition coefficient (Wildman–Crippen LogP) is 2.09. The van der Waals surface area contributed by atoms with Gasteiger partial charge in [0.1, 0.15) is 0 Å². The van der Waals surface area contributed by atoms with Crippen LogP contribution in [0.3, 0.4) is 0 Å². The summed E-state index contributed by atoms with van der Waals surface area (Å²) >= 11 is 0. The molecule has 2 N–H and O–H groups in total. The van der Waals surface area contributed by atoms with Crippen LogP contribution in [0.15, 0.2) is 24.3 Å². The molecule has 0 aromatic heterocycles. The Hall–Kier alpha value is -1.39. The summed E-state index contributed by atoms with van der Waals surface area (Å²) in [7, 11) is 2.05. The minimum absolute atomic E-state index is 0.0892. The highest BCUT2D eigenvalue weighted by Crippen LogP contribution is 2.45. The van der Waals surface area contributed by atoms with Crippen molar-refractivity contribution in [3.05, 3.63) is 35.4 Å². The molecule has 0 spiro atoms. The van der Waals surface area contributed by atoms with Gasteiger partial charge >= 0.3 is 0 Å². The summed E-state index contributed by atoms with van der Waals surface area (Å²) in [5, 5.41) is 12.8. The lowest BCUT2D eigenvalue weighted by molar-refractivity contribution is -0.122. The van der Waals surface area contributed by atoms with Crippen LogP contribution in [-0.2, 0) is 11.3 Å². The average Bonchev–Trinajstić information content (AvgIpc) is 3.03. The minimum atomic E-state index is -0.0892. The highest BCUT2D eigenvalue weighted by Gasteiger charge is 2.42. The Morgan fingerprint density at radius 3 is 2.52 bits per heavy atom. The fourth-order valence-electron chi connectivity index (χ4n) is 4.33. The number of carbonyl (C=O) groups is 1. The van der Waals surface area contributed by atoms with Crippen LogP contribution in [-0.4, -0.2) is 41.7 Å². The molecule has 2 unspecified atom stereocenters. The molecule has 2 aliphatic carbocycles. The normalized spacial score (nSPS) is 29.7. The van der Waals surface area contributed by atoms with Crippen molar-refractivity contribution in [2.24, 2.45) is 11.8 Å². The van der Waals surface area contributed by atoms with Gasteiger partial charge in [0.05, 0.1) is 12.6 Å². The summed E-state index contributed by atoms with van der Waals surface area (Å²) in [5.74, 6) is 1.41. The molecule has 2 aliphatic rings. The van der Waals surface area contributed by atoms with E-state index in [0.717, 1.165) is 25.7 Å². The molecule has 3 rings (SSSR count). The van der Waals surface area contributed by atoms with Crippen LogP contribution in [0.25, 0.3) is 0 Å². The number of amides is 1. The first-order valence-electron chi connectivity index (χ1n) is 8.72. The quantitative estimate of drug-likeness (QED) is 0.874. The Labute approximate surface area is 138 Å². The number of hydrogen-bond acceptors (Lipinski definition) is 3. The number of aliphatic hydroxyl groups is 1. The van der Waals surface area contributed by atoms with E-state index in [1.165, 1.54) is 11.1 Å². The largest absolute Gasteiger partial charge is 0.393 e. The first kappa shape index (κ1) is 16.5. The number of likely N-dealkylation sites (N-methyl/N-ethyl adjacent to an activating group) is 1. The third-order valence-electron chi connectivity index (χ3n) is 5.72. The second-order valence-electron chi connectivity index (χ2n) is 7.39. The van der Waals surface area contributed by atoms with E-state index in [2.05, 4.69) is 36.3 Å². The first-order chi connectivity index (χ1) is 11.0. The molecule has 1 amide bonds. The van der Waals surface area contributed by atoms with E-state index in [0.29, 0.717) is 31.0 Å². The number of nitrogens with zero attached hydrogens (tertiary/aromatic N) is 1. The molecular weight excluding hydrogens is 288 g/mol. The van der Waals surface area contributed by atoms with Crippen molar-refractivity contribution in [3.63, 3.8) is 0 Å². The number of aryl methyl sites for hydroxylation is 1. The Morgan fingerprint density at radius 2 is 1.87 bits per heavy atom. The lowest BCUT2D eigenvalue weighted by atomic mass is 10.0. The fraction of sp³-hybridized carbons (Fsp3) is 0.632. The number of benzene rings is 1. The molecule has 126 valence electrons. The van der Waals surface area contributed by atoms with Gasteiger partial charge in [-0.05, 0) is 62.6 Å². The fourth-order valence-corrected chi connectivity index (χ4v) is 4.33. The molecule has 0 saturated heterocycles. The summed E-state index contributed by atoms with van der Waals surface area (Å²) in [5.41, 5.74) is 2.39. The summed E-state index contributed by atoms with van der Waals surface area (Å²) in [4.78, 5) is 14.4. The third kappa shape index (κ3) is 3.93. The third-order valence-corrected chi connectivity index (χ3v) is 5.72. The Balaban J connectivity index is 1.44. The SMILES string of the molecule is Cc1ccccc1CNC(=O)CN(C)C1C[C@H]2CC(O)C[C@H]2C1. The van der Waals surface area contributed by atoms with Gasteiger partial charge in [0.25, 0.3) is 0 Å². The van der Waals surface area contributed by atoms with Crippen molar-refractivity contribution in [1.82, 2.24) is 10.2 Å². The van der Waals surface area contributed by atoms with Gasteiger partial charge in [0, 0.05) is 12.6 Å². The van der Waals surface area contributed by atoms with E-state index >= 15 is 0 Å². The zero-order valence-electron chi connectivity index (χ0n) is 14.2. The standard InChI is InChI=1S/C19H28N2O2/c1-13-5-3-4-6-14(13)11-20-19(23)12-21(2)17-7-15-9-18(22)10-16(15)8-17/h3-6,15-18,22H,7-12H2,1-2H3,(H,20,23)/t15-,16+,17?,18?. The zero-order valence-corrected chi connectivity index (χ0v) is 14.2. The van der Waals surface area contributed by atoms with E-state index in [9.17, 15) is 9.90 Å². The monoisotopic (exact) mass is 316 g/mol. The average molecular weight is 316 g/mol. The Morgan fingerprint density at radius 1 is 1.22 bits per heavy atom. The van der Waals surface area contributed by atoms with Crippen LogP contribution in [0.4, 0.5) is 0 Å². The second-order valence-corrected chi connectivity index (χ2v) is 7.39. The van der Waals surface area contributed by atoms with Crippen LogP contribution in [0.5, 0.6) is 0 Å². The Kier molecular flexibility index (Phi) is 5.02. The zero-order chi connectivity index (χ0) is 16.4. The highest BCUT2D eigenvalue weighted by atomic mass is 16.3. The maximum absolute atomic E-state index is 12.2. The van der Waals surface area contributed by atoms with Crippen molar-refractivity contribution in [2.75, 3.05) is 13.6 Å². The smallest absolute Gasteiger partial charge is 0.234 e. The van der Waals surface area contributed by atoms with Crippen LogP contribution in [0, 0.1) is 18.8 Å². The number of rotatable bonds is 5. The molecule has 0 heterocycles. The molecule has 4 nitrogen and oxygen atoms in total. The first-order valence-corrected chi connectivity index (χ1v) is 8.72. The number of hydrogen-bond donors (Lipinski definition) is 2. The van der Waals surface area contributed by atoms with E-state index in [4.69, 9.17) is 0 Å². The van der Waals surface area contributed by atoms with Gasteiger partial charge in [-0.3, -0.25) is 9.69 Å². The van der Waals surface area contributed by atoms with Crippen LogP contribution < -0.4 is 5.32 Å². The Bertz CT molecular complexity index is 546. The molecule has 23 heavy (non-hydrogen) atoms. The second kappa shape index (κ2) is 7.02. The van der Waals surface area contributed by atoms with Crippen molar-refractivity contribution in [2.45, 2.75) is 51.3 Å². The van der Waals surface area contributed by atoms with Crippen molar-refractivity contribution < 1.29 is 9.90 Å². The van der Waals surface area contributed by atoms with Crippen molar-refractivity contribution in [1.29, 1.82) is 0 Å².